The predicted octanol–water partition coefficient (Wildman–Crippen LogP) is 2.86. The number of pyridine rings is 1. The van der Waals surface area contributed by atoms with Gasteiger partial charge in [-0.2, -0.15) is 5.10 Å². The van der Waals surface area contributed by atoms with E-state index in [1.807, 2.05) is 18.2 Å². The molecule has 0 saturated heterocycles. The summed E-state index contributed by atoms with van der Waals surface area (Å²) in [6.07, 6.45) is 3.21. The smallest absolute Gasteiger partial charge is 0.250 e. The number of hydrazone groups is 1. The van der Waals surface area contributed by atoms with Gasteiger partial charge in [0.1, 0.15) is 17.2 Å². The Bertz CT molecular complexity index is 963. The summed E-state index contributed by atoms with van der Waals surface area (Å²) < 4.78 is 11.1. The van der Waals surface area contributed by atoms with Crippen molar-refractivity contribution in [2.45, 2.75) is 4.34 Å². The number of hydrogen-bond donors (Lipinski definition) is 1. The molecule has 10 heteroatoms. The van der Waals surface area contributed by atoms with Crippen molar-refractivity contribution in [1.29, 1.82) is 0 Å². The molecule has 0 aliphatic carbocycles. The van der Waals surface area contributed by atoms with Gasteiger partial charge in [0.05, 0.1) is 26.2 Å². The van der Waals surface area contributed by atoms with Crippen LogP contribution in [0.5, 0.6) is 11.5 Å². The van der Waals surface area contributed by atoms with E-state index in [1.165, 1.54) is 29.3 Å². The van der Waals surface area contributed by atoms with Crippen LogP contribution in [0.2, 0.25) is 0 Å². The van der Waals surface area contributed by atoms with Crippen LogP contribution in [0.3, 0.4) is 0 Å². The fraction of sp³-hybridized carbons (Fsp3) is 0.167. The minimum absolute atomic E-state index is 0.170. The Hall–Kier alpha value is -2.98. The molecule has 144 valence electrons. The number of amides is 1. The summed E-state index contributed by atoms with van der Waals surface area (Å²) in [5, 5.41) is 12.9. The Labute approximate surface area is 170 Å². The average Bonchev–Trinajstić information content (AvgIpc) is 3.22. The lowest BCUT2D eigenvalue weighted by Gasteiger charge is -2.06. The molecule has 1 N–H and O–H groups in total. The lowest BCUT2D eigenvalue weighted by atomic mass is 10.2. The largest absolute Gasteiger partial charge is 0.497 e. The third-order valence-electron chi connectivity index (χ3n) is 3.45. The zero-order valence-corrected chi connectivity index (χ0v) is 16.8. The lowest BCUT2D eigenvalue weighted by molar-refractivity contribution is -0.118. The first-order chi connectivity index (χ1) is 13.7. The van der Waals surface area contributed by atoms with E-state index in [0.29, 0.717) is 26.4 Å². The molecule has 0 spiro atoms. The third-order valence-corrected chi connectivity index (χ3v) is 5.53. The minimum atomic E-state index is -0.252. The summed E-state index contributed by atoms with van der Waals surface area (Å²) in [7, 11) is 3.14. The van der Waals surface area contributed by atoms with Crippen molar-refractivity contribution in [2.24, 2.45) is 5.10 Å². The zero-order chi connectivity index (χ0) is 19.8. The van der Waals surface area contributed by atoms with Crippen molar-refractivity contribution in [3.63, 3.8) is 0 Å². The fourth-order valence-corrected chi connectivity index (χ4v) is 3.76. The van der Waals surface area contributed by atoms with Crippen LogP contribution >= 0.6 is 23.1 Å². The molecule has 0 aliphatic heterocycles. The summed E-state index contributed by atoms with van der Waals surface area (Å²) in [5.41, 5.74) is 3.94. The molecular weight excluding hydrogens is 398 g/mol. The van der Waals surface area contributed by atoms with Gasteiger partial charge < -0.3 is 9.47 Å². The number of hydrogen-bond acceptors (Lipinski definition) is 9. The van der Waals surface area contributed by atoms with E-state index in [2.05, 4.69) is 25.7 Å². The number of benzene rings is 1. The van der Waals surface area contributed by atoms with Gasteiger partial charge in [-0.25, -0.2) is 5.43 Å². The van der Waals surface area contributed by atoms with Crippen LogP contribution in [-0.2, 0) is 4.79 Å². The number of nitrogens with one attached hydrogen (secondary N) is 1. The highest BCUT2D eigenvalue weighted by Gasteiger charge is 2.10. The maximum absolute atomic E-state index is 12.0. The first kappa shape index (κ1) is 19.8. The topological polar surface area (TPSA) is 98.6 Å². The van der Waals surface area contributed by atoms with E-state index in [-0.39, 0.29) is 11.7 Å². The number of rotatable bonds is 8. The number of nitrogens with zero attached hydrogens (tertiary/aromatic N) is 4. The minimum Gasteiger partial charge on any atom is -0.497 e. The Morgan fingerprint density at radius 3 is 2.89 bits per heavy atom. The molecule has 0 unspecified atom stereocenters. The van der Waals surface area contributed by atoms with Crippen molar-refractivity contribution in [3.05, 3.63) is 48.2 Å². The van der Waals surface area contributed by atoms with Crippen LogP contribution in [0.4, 0.5) is 0 Å². The molecular formula is C18H17N5O3S2. The highest BCUT2D eigenvalue weighted by Crippen LogP contribution is 2.27. The van der Waals surface area contributed by atoms with Crippen molar-refractivity contribution < 1.29 is 14.3 Å². The van der Waals surface area contributed by atoms with Gasteiger partial charge in [-0.15, -0.1) is 10.2 Å². The molecule has 1 amide bonds. The molecule has 0 aliphatic rings. The van der Waals surface area contributed by atoms with Gasteiger partial charge in [0.15, 0.2) is 9.35 Å². The molecule has 0 bridgehead atoms. The first-order valence-electron chi connectivity index (χ1n) is 8.11. The molecule has 3 aromatic rings. The number of thioether (sulfide) groups is 1. The normalized spacial score (nSPS) is 10.8. The van der Waals surface area contributed by atoms with Crippen LogP contribution in [0, 0.1) is 0 Å². The highest BCUT2D eigenvalue weighted by atomic mass is 32.2. The van der Waals surface area contributed by atoms with Crippen LogP contribution in [0.1, 0.15) is 5.56 Å². The molecule has 2 aromatic heterocycles. The average molecular weight is 416 g/mol. The number of carbonyl (C=O) groups excluding carboxylic acids is 1. The quantitative estimate of drug-likeness (QED) is 0.343. The first-order valence-corrected chi connectivity index (χ1v) is 9.91. The summed E-state index contributed by atoms with van der Waals surface area (Å²) in [6.45, 7) is 0. The van der Waals surface area contributed by atoms with Crippen molar-refractivity contribution in [3.8, 4) is 22.2 Å². The molecule has 8 nitrogen and oxygen atoms in total. The maximum atomic E-state index is 12.0. The van der Waals surface area contributed by atoms with E-state index in [0.717, 1.165) is 5.69 Å². The third kappa shape index (κ3) is 5.27. The molecule has 0 saturated carbocycles. The van der Waals surface area contributed by atoms with Gasteiger partial charge in [-0.3, -0.25) is 9.78 Å². The monoisotopic (exact) mass is 415 g/mol. The number of aromatic nitrogens is 3. The predicted molar refractivity (Wildman–Crippen MR) is 109 cm³/mol. The Kier molecular flexibility index (Phi) is 6.93. The molecule has 3 rings (SSSR count). The SMILES string of the molecule is COc1ccc(OC)c(/C=N\NC(=O)CSc2nnc(-c3ccccn3)s2)c1. The van der Waals surface area contributed by atoms with E-state index in [1.54, 1.807) is 38.6 Å². The second-order valence-corrected chi connectivity index (χ2v) is 7.48. The molecule has 28 heavy (non-hydrogen) atoms. The molecule has 2 heterocycles. The van der Waals surface area contributed by atoms with E-state index in [9.17, 15) is 4.79 Å². The highest BCUT2D eigenvalue weighted by molar-refractivity contribution is 8.01. The lowest BCUT2D eigenvalue weighted by Crippen LogP contribution is -2.19. The Morgan fingerprint density at radius 1 is 1.25 bits per heavy atom. The van der Waals surface area contributed by atoms with Gasteiger partial charge in [0, 0.05) is 11.8 Å². The van der Waals surface area contributed by atoms with Gasteiger partial charge in [0.2, 0.25) is 0 Å². The standard InChI is InChI=1S/C18H17N5O3S2/c1-25-13-6-7-15(26-2)12(9-13)10-20-21-16(24)11-27-18-23-22-17(28-18)14-5-3-4-8-19-14/h3-10H,11H2,1-2H3,(H,21,24)/b20-10-. The molecule has 0 atom stereocenters. The van der Waals surface area contributed by atoms with Crippen molar-refractivity contribution in [1.82, 2.24) is 20.6 Å². The fourth-order valence-electron chi connectivity index (χ4n) is 2.13. The van der Waals surface area contributed by atoms with Gasteiger partial charge >= 0.3 is 0 Å². The van der Waals surface area contributed by atoms with Gasteiger partial charge in [-0.05, 0) is 30.3 Å². The second-order valence-electron chi connectivity index (χ2n) is 5.28. The van der Waals surface area contributed by atoms with Crippen molar-refractivity contribution >= 4 is 35.2 Å². The molecule has 0 fully saturated rings. The molecule has 0 radical (unpaired) electrons. The van der Waals surface area contributed by atoms with Crippen LogP contribution in [0.15, 0.2) is 52.0 Å². The summed E-state index contributed by atoms with van der Waals surface area (Å²) in [6, 6.07) is 10.9. The number of methoxy groups -OCH3 is 2. The summed E-state index contributed by atoms with van der Waals surface area (Å²) >= 11 is 2.68. The molecule has 1 aromatic carbocycles. The van der Waals surface area contributed by atoms with E-state index < -0.39 is 0 Å². The summed E-state index contributed by atoms with van der Waals surface area (Å²) in [5.74, 6) is 1.22. The second kappa shape index (κ2) is 9.81. The Morgan fingerprint density at radius 2 is 2.14 bits per heavy atom. The number of carbonyl (C=O) groups is 1. The van der Waals surface area contributed by atoms with E-state index in [4.69, 9.17) is 9.47 Å². The van der Waals surface area contributed by atoms with E-state index >= 15 is 0 Å². The van der Waals surface area contributed by atoms with Crippen molar-refractivity contribution in [2.75, 3.05) is 20.0 Å². The zero-order valence-electron chi connectivity index (χ0n) is 15.2. The number of ether oxygens (including phenoxy) is 2. The van der Waals surface area contributed by atoms with Crippen LogP contribution in [0.25, 0.3) is 10.7 Å². The van der Waals surface area contributed by atoms with Crippen LogP contribution < -0.4 is 14.9 Å². The van der Waals surface area contributed by atoms with Gasteiger partial charge in [-0.1, -0.05) is 29.2 Å². The summed E-state index contributed by atoms with van der Waals surface area (Å²) in [4.78, 5) is 16.2. The van der Waals surface area contributed by atoms with Crippen LogP contribution in [-0.4, -0.2) is 47.3 Å². The Balaban J connectivity index is 1.53. The maximum Gasteiger partial charge on any atom is 0.250 e. The van der Waals surface area contributed by atoms with Gasteiger partial charge in [0.25, 0.3) is 5.91 Å².